The fourth-order valence-corrected chi connectivity index (χ4v) is 2.39. The largest absolute Gasteiger partial charge is 0.321 e. The zero-order valence-corrected chi connectivity index (χ0v) is 11.6. The Bertz CT molecular complexity index is 505. The van der Waals surface area contributed by atoms with Gasteiger partial charge in [0.15, 0.2) is 0 Å². The van der Waals surface area contributed by atoms with E-state index in [0.29, 0.717) is 5.92 Å². The summed E-state index contributed by atoms with van der Waals surface area (Å²) in [4.78, 5) is 24.8. The Morgan fingerprint density at radius 2 is 1.79 bits per heavy atom. The Hall–Kier alpha value is -1.68. The summed E-state index contributed by atoms with van der Waals surface area (Å²) in [5, 5.41) is 0. The van der Waals surface area contributed by atoms with Crippen molar-refractivity contribution in [1.82, 2.24) is 4.90 Å². The predicted octanol–water partition coefficient (Wildman–Crippen LogP) is 1.74. The van der Waals surface area contributed by atoms with Gasteiger partial charge in [-0.3, -0.25) is 14.5 Å². The second-order valence-electron chi connectivity index (χ2n) is 5.64. The normalized spacial score (nSPS) is 19.1. The Balaban J connectivity index is 2.37. The molecule has 0 atom stereocenters. The van der Waals surface area contributed by atoms with Gasteiger partial charge < -0.3 is 5.73 Å². The molecule has 4 heteroatoms. The molecule has 0 radical (unpaired) electrons. The lowest BCUT2D eigenvalue weighted by Gasteiger charge is -2.36. The highest BCUT2D eigenvalue weighted by atomic mass is 16.2. The van der Waals surface area contributed by atoms with Crippen LogP contribution in [0.3, 0.4) is 0 Å². The summed E-state index contributed by atoms with van der Waals surface area (Å²) in [7, 11) is 1.51. The average molecular weight is 260 g/mol. The maximum Gasteiger partial charge on any atom is 0.231 e. The number of nitrogens with zero attached hydrogens (tertiary/aromatic N) is 1. The van der Waals surface area contributed by atoms with Gasteiger partial charge >= 0.3 is 0 Å². The molecule has 1 heterocycles. The predicted molar refractivity (Wildman–Crippen MR) is 73.4 cm³/mol. The first-order chi connectivity index (χ1) is 8.83. The number of benzene rings is 1. The molecule has 2 N–H and O–H groups in total. The Morgan fingerprint density at radius 1 is 1.21 bits per heavy atom. The molecule has 1 aromatic rings. The van der Waals surface area contributed by atoms with Gasteiger partial charge in [0.1, 0.15) is 0 Å². The van der Waals surface area contributed by atoms with Crippen LogP contribution >= 0.6 is 0 Å². The fourth-order valence-electron chi connectivity index (χ4n) is 2.39. The lowest BCUT2D eigenvalue weighted by molar-refractivity contribution is -0.149. The number of hydrogen-bond donors (Lipinski definition) is 1. The first kappa shape index (κ1) is 13.7. The number of likely N-dealkylation sites (tertiary alicyclic amines) is 1. The van der Waals surface area contributed by atoms with Crippen molar-refractivity contribution in [3.8, 4) is 0 Å². The zero-order chi connectivity index (χ0) is 14.2. The Labute approximate surface area is 113 Å². The Kier molecular flexibility index (Phi) is 3.45. The minimum atomic E-state index is -0.869. The van der Waals surface area contributed by atoms with Crippen molar-refractivity contribution < 1.29 is 9.59 Å². The van der Waals surface area contributed by atoms with E-state index in [0.717, 1.165) is 10.5 Å². The number of nitrogens with two attached hydrogens (primary N) is 1. The van der Waals surface area contributed by atoms with Crippen LogP contribution in [-0.2, 0) is 15.1 Å². The molecule has 4 nitrogen and oxygen atoms in total. The maximum absolute atomic E-state index is 11.8. The minimum absolute atomic E-state index is 0.177. The smallest absolute Gasteiger partial charge is 0.231 e. The molecule has 1 aromatic carbocycles. The van der Waals surface area contributed by atoms with Crippen molar-refractivity contribution >= 4 is 11.8 Å². The van der Waals surface area contributed by atoms with Crippen molar-refractivity contribution in [2.45, 2.75) is 38.1 Å². The molecule has 1 saturated heterocycles. The molecule has 19 heavy (non-hydrogen) atoms. The number of carbonyl (C=O) groups excluding carboxylic acids is 2. The van der Waals surface area contributed by atoms with Crippen LogP contribution in [0.2, 0.25) is 0 Å². The molecule has 0 aromatic heterocycles. The molecule has 1 aliphatic heterocycles. The molecular weight excluding hydrogens is 240 g/mol. The van der Waals surface area contributed by atoms with Crippen LogP contribution < -0.4 is 5.73 Å². The van der Waals surface area contributed by atoms with E-state index < -0.39 is 5.54 Å². The molecule has 0 aliphatic carbocycles. The fraction of sp³-hybridized carbons (Fsp3) is 0.467. The van der Waals surface area contributed by atoms with Crippen LogP contribution in [-0.4, -0.2) is 23.8 Å². The van der Waals surface area contributed by atoms with E-state index >= 15 is 0 Å². The third kappa shape index (κ3) is 2.54. The van der Waals surface area contributed by atoms with Crippen LogP contribution in [0.25, 0.3) is 0 Å². The van der Waals surface area contributed by atoms with Crippen LogP contribution in [0, 0.1) is 0 Å². The summed E-state index contributed by atoms with van der Waals surface area (Å²) in [6.07, 6.45) is 0.355. The van der Waals surface area contributed by atoms with Gasteiger partial charge in [0.2, 0.25) is 11.8 Å². The van der Waals surface area contributed by atoms with E-state index in [1.807, 2.05) is 24.3 Å². The minimum Gasteiger partial charge on any atom is -0.321 e. The molecule has 0 spiro atoms. The van der Waals surface area contributed by atoms with Crippen LogP contribution in [0.5, 0.6) is 0 Å². The second-order valence-corrected chi connectivity index (χ2v) is 5.64. The highest BCUT2D eigenvalue weighted by Gasteiger charge is 2.40. The van der Waals surface area contributed by atoms with Crippen LogP contribution in [0.4, 0.5) is 0 Å². The van der Waals surface area contributed by atoms with Gasteiger partial charge in [-0.1, -0.05) is 38.1 Å². The first-order valence-electron chi connectivity index (χ1n) is 6.52. The van der Waals surface area contributed by atoms with Crippen molar-refractivity contribution in [3.63, 3.8) is 0 Å². The number of imide groups is 1. The maximum atomic E-state index is 11.8. The third-order valence-electron chi connectivity index (χ3n) is 3.81. The third-order valence-corrected chi connectivity index (χ3v) is 3.81. The molecule has 0 unspecified atom stereocenters. The molecule has 1 aliphatic rings. The molecule has 2 rings (SSSR count). The van der Waals surface area contributed by atoms with E-state index in [2.05, 4.69) is 13.8 Å². The molecule has 0 bridgehead atoms. The van der Waals surface area contributed by atoms with Gasteiger partial charge in [-0.2, -0.15) is 0 Å². The van der Waals surface area contributed by atoms with Gasteiger partial charge in [0.05, 0.1) is 5.54 Å². The number of carbonyl (C=O) groups is 2. The van der Waals surface area contributed by atoms with Crippen molar-refractivity contribution in [2.24, 2.45) is 5.73 Å². The molecule has 2 amide bonds. The van der Waals surface area contributed by atoms with Gasteiger partial charge in [0, 0.05) is 19.9 Å². The SMILES string of the molecule is CC(C)c1cccc(C2(N)CC(=O)N(C)C(=O)C2)c1. The molecule has 102 valence electrons. The summed E-state index contributed by atoms with van der Waals surface area (Å²) in [5.41, 5.74) is 7.49. The average Bonchev–Trinajstić information content (AvgIpc) is 2.36. The van der Waals surface area contributed by atoms with Gasteiger partial charge in [-0.05, 0) is 17.0 Å². The number of hydrogen-bond acceptors (Lipinski definition) is 3. The summed E-state index contributed by atoms with van der Waals surface area (Å²) in [6.45, 7) is 4.21. The standard InChI is InChI=1S/C15H20N2O2/c1-10(2)11-5-4-6-12(7-11)15(16)8-13(18)17(3)14(19)9-15/h4-7,10H,8-9,16H2,1-3H3. The summed E-state index contributed by atoms with van der Waals surface area (Å²) in [6, 6.07) is 7.89. The molecular formula is C15H20N2O2. The first-order valence-corrected chi connectivity index (χ1v) is 6.52. The second kappa shape index (κ2) is 4.78. The van der Waals surface area contributed by atoms with Crippen molar-refractivity contribution in [1.29, 1.82) is 0 Å². The summed E-state index contributed by atoms with van der Waals surface area (Å²) < 4.78 is 0. The highest BCUT2D eigenvalue weighted by Crippen LogP contribution is 2.32. The lowest BCUT2D eigenvalue weighted by atomic mass is 9.80. The highest BCUT2D eigenvalue weighted by molar-refractivity contribution is 5.99. The van der Waals surface area contributed by atoms with E-state index in [4.69, 9.17) is 5.73 Å². The lowest BCUT2D eigenvalue weighted by Crippen LogP contribution is -2.52. The van der Waals surface area contributed by atoms with E-state index in [1.54, 1.807) is 0 Å². The monoisotopic (exact) mass is 260 g/mol. The quantitative estimate of drug-likeness (QED) is 0.824. The van der Waals surface area contributed by atoms with E-state index in [9.17, 15) is 9.59 Å². The topological polar surface area (TPSA) is 63.4 Å². The summed E-state index contributed by atoms with van der Waals surface area (Å²) >= 11 is 0. The van der Waals surface area contributed by atoms with Gasteiger partial charge in [-0.25, -0.2) is 0 Å². The summed E-state index contributed by atoms with van der Waals surface area (Å²) in [5.74, 6) is -0.0383. The molecule has 1 fully saturated rings. The Morgan fingerprint density at radius 3 is 2.32 bits per heavy atom. The van der Waals surface area contributed by atoms with Crippen molar-refractivity contribution in [3.05, 3.63) is 35.4 Å². The van der Waals surface area contributed by atoms with Crippen LogP contribution in [0.15, 0.2) is 24.3 Å². The molecule has 0 saturated carbocycles. The number of rotatable bonds is 2. The van der Waals surface area contributed by atoms with Gasteiger partial charge in [0.25, 0.3) is 0 Å². The van der Waals surface area contributed by atoms with E-state index in [1.165, 1.54) is 12.6 Å². The number of amides is 2. The van der Waals surface area contributed by atoms with Crippen LogP contribution in [0.1, 0.15) is 43.7 Å². The zero-order valence-electron chi connectivity index (χ0n) is 11.6. The van der Waals surface area contributed by atoms with Gasteiger partial charge in [-0.15, -0.1) is 0 Å². The van der Waals surface area contributed by atoms with E-state index in [-0.39, 0.29) is 24.7 Å². The number of piperidine rings is 1. The van der Waals surface area contributed by atoms with Crippen molar-refractivity contribution in [2.75, 3.05) is 7.05 Å².